The number of rotatable bonds is 6. The van der Waals surface area contributed by atoms with Crippen molar-refractivity contribution < 1.29 is 9.84 Å². The van der Waals surface area contributed by atoms with E-state index < -0.39 is 6.10 Å². The monoisotopic (exact) mass is 237 g/mol. The number of aliphatic hydroxyl groups is 1. The number of aryl methyl sites for hydroxylation is 2. The fourth-order valence-electron chi connectivity index (χ4n) is 2.03. The third kappa shape index (κ3) is 4.02. The van der Waals surface area contributed by atoms with Gasteiger partial charge in [0.2, 0.25) is 0 Å². The zero-order valence-corrected chi connectivity index (χ0v) is 11.0. The summed E-state index contributed by atoms with van der Waals surface area (Å²) in [5.74, 6) is 0.922. The van der Waals surface area contributed by atoms with Gasteiger partial charge in [-0.1, -0.05) is 0 Å². The van der Waals surface area contributed by atoms with Crippen molar-refractivity contribution in [2.24, 2.45) is 5.73 Å². The summed E-state index contributed by atoms with van der Waals surface area (Å²) in [5.41, 5.74) is 9.14. The molecule has 0 aliphatic carbocycles. The molecule has 1 aromatic carbocycles. The first kappa shape index (κ1) is 14.0. The van der Waals surface area contributed by atoms with Crippen LogP contribution >= 0.6 is 0 Å². The van der Waals surface area contributed by atoms with E-state index in [0.29, 0.717) is 19.6 Å². The summed E-state index contributed by atoms with van der Waals surface area (Å²) in [6, 6.07) is 4.11. The summed E-state index contributed by atoms with van der Waals surface area (Å²) in [4.78, 5) is 0. The Morgan fingerprint density at radius 2 is 1.88 bits per heavy atom. The first-order valence-corrected chi connectivity index (χ1v) is 6.19. The summed E-state index contributed by atoms with van der Waals surface area (Å²) >= 11 is 0. The predicted octanol–water partition coefficient (Wildman–Crippen LogP) is 1.95. The molecule has 0 saturated carbocycles. The van der Waals surface area contributed by atoms with Gasteiger partial charge in [0.15, 0.2) is 0 Å². The number of aliphatic hydroxyl groups excluding tert-OH is 1. The smallest absolute Gasteiger partial charge is 0.119 e. The van der Waals surface area contributed by atoms with E-state index in [9.17, 15) is 5.11 Å². The van der Waals surface area contributed by atoms with Gasteiger partial charge in [-0.05, 0) is 62.4 Å². The van der Waals surface area contributed by atoms with E-state index in [1.54, 1.807) is 0 Å². The molecule has 0 heterocycles. The highest BCUT2D eigenvalue weighted by atomic mass is 16.5. The largest absolute Gasteiger partial charge is 0.494 e. The normalized spacial score (nSPS) is 12.5. The van der Waals surface area contributed by atoms with Crippen LogP contribution in [0.1, 0.15) is 30.0 Å². The van der Waals surface area contributed by atoms with Crippen LogP contribution in [0.4, 0.5) is 0 Å². The van der Waals surface area contributed by atoms with Crippen molar-refractivity contribution >= 4 is 0 Å². The molecule has 0 aliphatic rings. The zero-order chi connectivity index (χ0) is 12.8. The second-order valence-electron chi connectivity index (χ2n) is 4.40. The lowest BCUT2D eigenvalue weighted by molar-refractivity contribution is 0.173. The third-order valence-electron chi connectivity index (χ3n) is 2.98. The lowest BCUT2D eigenvalue weighted by atomic mass is 9.97. The van der Waals surface area contributed by atoms with E-state index in [2.05, 4.69) is 26.0 Å². The van der Waals surface area contributed by atoms with Crippen molar-refractivity contribution in [2.75, 3.05) is 13.2 Å². The van der Waals surface area contributed by atoms with Crippen LogP contribution in [0.25, 0.3) is 0 Å². The van der Waals surface area contributed by atoms with E-state index in [0.717, 1.165) is 12.2 Å². The van der Waals surface area contributed by atoms with Crippen molar-refractivity contribution in [1.29, 1.82) is 0 Å². The highest BCUT2D eigenvalue weighted by Gasteiger charge is 2.08. The Kier molecular flexibility index (Phi) is 5.45. The maximum atomic E-state index is 9.49. The minimum absolute atomic E-state index is 0.328. The summed E-state index contributed by atoms with van der Waals surface area (Å²) in [5, 5.41) is 9.49. The molecule has 96 valence electrons. The molecular weight excluding hydrogens is 214 g/mol. The Hall–Kier alpha value is -1.06. The number of ether oxygens (including phenoxy) is 1. The molecule has 3 nitrogen and oxygen atoms in total. The minimum Gasteiger partial charge on any atom is -0.494 e. The molecule has 0 aliphatic heterocycles. The number of benzene rings is 1. The van der Waals surface area contributed by atoms with Gasteiger partial charge < -0.3 is 15.6 Å². The molecule has 0 saturated heterocycles. The predicted molar refractivity (Wildman–Crippen MR) is 70.5 cm³/mol. The van der Waals surface area contributed by atoms with Crippen molar-refractivity contribution in [3.05, 3.63) is 28.8 Å². The van der Waals surface area contributed by atoms with E-state index >= 15 is 0 Å². The SMILES string of the molecule is CCOc1cc(C)c(CCC(O)CN)c(C)c1. The Morgan fingerprint density at radius 3 is 2.35 bits per heavy atom. The van der Waals surface area contributed by atoms with Gasteiger partial charge in [0, 0.05) is 6.54 Å². The molecule has 0 amide bonds. The Bertz CT molecular complexity index is 340. The molecule has 1 rings (SSSR count). The van der Waals surface area contributed by atoms with Gasteiger partial charge in [-0.2, -0.15) is 0 Å². The molecule has 1 atom stereocenters. The van der Waals surface area contributed by atoms with Crippen LogP contribution in [-0.2, 0) is 6.42 Å². The first-order chi connectivity index (χ1) is 8.08. The van der Waals surface area contributed by atoms with Crippen molar-refractivity contribution in [1.82, 2.24) is 0 Å². The molecule has 1 unspecified atom stereocenters. The zero-order valence-electron chi connectivity index (χ0n) is 11.0. The standard InChI is InChI=1S/C14H23NO2/c1-4-17-13-7-10(2)14(11(3)8-13)6-5-12(16)9-15/h7-8,12,16H,4-6,9,15H2,1-3H3. The van der Waals surface area contributed by atoms with Crippen molar-refractivity contribution in [3.63, 3.8) is 0 Å². The summed E-state index contributed by atoms with van der Waals surface area (Å²) in [6.07, 6.45) is 1.18. The molecule has 17 heavy (non-hydrogen) atoms. The van der Waals surface area contributed by atoms with Gasteiger partial charge in [-0.15, -0.1) is 0 Å². The molecule has 0 radical (unpaired) electrons. The fraction of sp³-hybridized carbons (Fsp3) is 0.571. The van der Waals surface area contributed by atoms with Crippen LogP contribution in [0.15, 0.2) is 12.1 Å². The van der Waals surface area contributed by atoms with Crippen LogP contribution in [0.5, 0.6) is 5.75 Å². The summed E-state index contributed by atoms with van der Waals surface area (Å²) < 4.78 is 5.50. The Labute approximate surface area is 104 Å². The summed E-state index contributed by atoms with van der Waals surface area (Å²) in [6.45, 7) is 7.16. The molecule has 0 spiro atoms. The van der Waals surface area contributed by atoms with Crippen LogP contribution in [-0.4, -0.2) is 24.4 Å². The topological polar surface area (TPSA) is 55.5 Å². The first-order valence-electron chi connectivity index (χ1n) is 6.19. The van der Waals surface area contributed by atoms with Crippen LogP contribution in [0.2, 0.25) is 0 Å². The quantitative estimate of drug-likeness (QED) is 0.795. The molecular formula is C14H23NO2. The molecule has 0 bridgehead atoms. The van der Waals surface area contributed by atoms with Crippen LogP contribution in [0.3, 0.4) is 0 Å². The van der Waals surface area contributed by atoms with Crippen LogP contribution in [0, 0.1) is 13.8 Å². The Balaban J connectivity index is 2.78. The van der Waals surface area contributed by atoms with Gasteiger partial charge in [0.1, 0.15) is 5.75 Å². The highest BCUT2D eigenvalue weighted by molar-refractivity contribution is 5.41. The van der Waals surface area contributed by atoms with Gasteiger partial charge in [0.05, 0.1) is 12.7 Å². The van der Waals surface area contributed by atoms with Crippen molar-refractivity contribution in [2.45, 2.75) is 39.7 Å². The number of hydrogen-bond donors (Lipinski definition) is 2. The average molecular weight is 237 g/mol. The van der Waals surface area contributed by atoms with E-state index in [1.165, 1.54) is 16.7 Å². The van der Waals surface area contributed by atoms with Gasteiger partial charge >= 0.3 is 0 Å². The third-order valence-corrected chi connectivity index (χ3v) is 2.98. The van der Waals surface area contributed by atoms with E-state index in [-0.39, 0.29) is 0 Å². The second-order valence-corrected chi connectivity index (χ2v) is 4.40. The molecule has 3 N–H and O–H groups in total. The van der Waals surface area contributed by atoms with Crippen LogP contribution < -0.4 is 10.5 Å². The lowest BCUT2D eigenvalue weighted by Gasteiger charge is -2.14. The molecule has 3 heteroatoms. The average Bonchev–Trinajstić information content (AvgIpc) is 2.28. The lowest BCUT2D eigenvalue weighted by Crippen LogP contribution is -2.20. The van der Waals surface area contributed by atoms with Gasteiger partial charge in [-0.3, -0.25) is 0 Å². The van der Waals surface area contributed by atoms with E-state index in [1.807, 2.05) is 6.92 Å². The van der Waals surface area contributed by atoms with Crippen molar-refractivity contribution in [3.8, 4) is 5.75 Å². The highest BCUT2D eigenvalue weighted by Crippen LogP contribution is 2.23. The van der Waals surface area contributed by atoms with E-state index in [4.69, 9.17) is 10.5 Å². The van der Waals surface area contributed by atoms with Gasteiger partial charge in [-0.25, -0.2) is 0 Å². The molecule has 1 aromatic rings. The molecule has 0 aromatic heterocycles. The number of hydrogen-bond acceptors (Lipinski definition) is 3. The maximum Gasteiger partial charge on any atom is 0.119 e. The molecule has 0 fully saturated rings. The summed E-state index contributed by atoms with van der Waals surface area (Å²) in [7, 11) is 0. The minimum atomic E-state index is -0.402. The maximum absolute atomic E-state index is 9.49. The van der Waals surface area contributed by atoms with Gasteiger partial charge in [0.25, 0.3) is 0 Å². The Morgan fingerprint density at radius 1 is 1.29 bits per heavy atom. The number of nitrogens with two attached hydrogens (primary N) is 1. The second kappa shape index (κ2) is 6.62. The fourth-order valence-corrected chi connectivity index (χ4v) is 2.03.